The lowest BCUT2D eigenvalue weighted by molar-refractivity contribution is 0.257. The Morgan fingerprint density at radius 1 is 1.23 bits per heavy atom. The van der Waals surface area contributed by atoms with Crippen LogP contribution < -0.4 is 0 Å². The minimum Gasteiger partial charge on any atom is -0.299 e. The predicted molar refractivity (Wildman–Crippen MR) is 81.7 cm³/mol. The number of hydrogen-bond acceptors (Lipinski definition) is 5. The predicted octanol–water partition coefficient (Wildman–Crippen LogP) is 1.54. The number of aryl methyl sites for hydroxylation is 1. The SMILES string of the molecule is Cc1ccc(S(=O)(=O)OCc2cc3n(n2)CCN(C)C3)cc1. The Morgan fingerprint density at radius 2 is 1.95 bits per heavy atom. The van der Waals surface area contributed by atoms with Crippen LogP contribution in [0, 0.1) is 6.92 Å². The summed E-state index contributed by atoms with van der Waals surface area (Å²) in [7, 11) is -1.70. The standard InChI is InChI=1S/C15H19N3O3S/c1-12-3-5-15(6-4-12)22(19,20)21-11-13-9-14-10-17(2)7-8-18(14)16-13/h3-6,9H,7-8,10-11H2,1-2H3. The van der Waals surface area contributed by atoms with Gasteiger partial charge in [-0.25, -0.2) is 0 Å². The summed E-state index contributed by atoms with van der Waals surface area (Å²) in [5.41, 5.74) is 2.73. The van der Waals surface area contributed by atoms with Gasteiger partial charge in [-0.05, 0) is 32.2 Å². The average Bonchev–Trinajstić information content (AvgIpc) is 2.88. The smallest absolute Gasteiger partial charge is 0.297 e. The first-order valence-corrected chi connectivity index (χ1v) is 8.55. The van der Waals surface area contributed by atoms with Gasteiger partial charge in [0.25, 0.3) is 10.1 Å². The molecule has 0 fully saturated rings. The second kappa shape index (κ2) is 5.83. The largest absolute Gasteiger partial charge is 0.299 e. The Kier molecular flexibility index (Phi) is 4.03. The van der Waals surface area contributed by atoms with Crippen LogP contribution in [-0.2, 0) is 34.0 Å². The average molecular weight is 321 g/mol. The summed E-state index contributed by atoms with van der Waals surface area (Å²) in [6.45, 7) is 4.44. The Morgan fingerprint density at radius 3 is 2.68 bits per heavy atom. The third-order valence-electron chi connectivity index (χ3n) is 3.71. The molecule has 3 rings (SSSR count). The lowest BCUT2D eigenvalue weighted by Gasteiger charge is -2.22. The molecule has 1 aliphatic rings. The summed E-state index contributed by atoms with van der Waals surface area (Å²) in [6.07, 6.45) is 0. The van der Waals surface area contributed by atoms with Crippen molar-refractivity contribution in [1.29, 1.82) is 0 Å². The molecule has 0 spiro atoms. The van der Waals surface area contributed by atoms with Crippen LogP contribution in [0.25, 0.3) is 0 Å². The molecule has 0 bridgehead atoms. The molecule has 2 heterocycles. The fraction of sp³-hybridized carbons (Fsp3) is 0.400. The summed E-state index contributed by atoms with van der Waals surface area (Å²) in [6, 6.07) is 8.51. The van der Waals surface area contributed by atoms with Crippen LogP contribution in [0.3, 0.4) is 0 Å². The van der Waals surface area contributed by atoms with E-state index in [1.807, 2.05) is 17.7 Å². The highest BCUT2D eigenvalue weighted by molar-refractivity contribution is 7.86. The van der Waals surface area contributed by atoms with E-state index in [1.165, 1.54) is 0 Å². The lowest BCUT2D eigenvalue weighted by atomic mass is 10.2. The molecular weight excluding hydrogens is 302 g/mol. The van der Waals surface area contributed by atoms with Crippen molar-refractivity contribution in [3.05, 3.63) is 47.3 Å². The number of rotatable bonds is 4. The van der Waals surface area contributed by atoms with Crippen molar-refractivity contribution in [2.75, 3.05) is 13.6 Å². The van der Waals surface area contributed by atoms with E-state index in [0.717, 1.165) is 30.9 Å². The molecule has 1 aromatic carbocycles. The Balaban J connectivity index is 1.71. The molecule has 2 aromatic rings. The van der Waals surface area contributed by atoms with E-state index in [1.54, 1.807) is 24.3 Å². The minimum atomic E-state index is -3.75. The molecule has 0 atom stereocenters. The van der Waals surface area contributed by atoms with Crippen LogP contribution in [0.2, 0.25) is 0 Å². The van der Waals surface area contributed by atoms with Gasteiger partial charge in [0.1, 0.15) is 6.61 Å². The third-order valence-corrected chi connectivity index (χ3v) is 4.99. The zero-order valence-corrected chi connectivity index (χ0v) is 13.5. The molecule has 0 saturated heterocycles. The van der Waals surface area contributed by atoms with Crippen LogP contribution >= 0.6 is 0 Å². The van der Waals surface area contributed by atoms with Crippen molar-refractivity contribution in [2.24, 2.45) is 0 Å². The normalized spacial score (nSPS) is 15.7. The summed E-state index contributed by atoms with van der Waals surface area (Å²) in [5.74, 6) is 0. The zero-order valence-electron chi connectivity index (χ0n) is 12.7. The Hall–Kier alpha value is -1.70. The molecule has 0 amide bonds. The molecule has 0 N–H and O–H groups in total. The van der Waals surface area contributed by atoms with Crippen molar-refractivity contribution in [1.82, 2.24) is 14.7 Å². The minimum absolute atomic E-state index is 0.0417. The van der Waals surface area contributed by atoms with Crippen LogP contribution in [0.1, 0.15) is 17.0 Å². The summed E-state index contributed by atoms with van der Waals surface area (Å²) in [5, 5.41) is 4.40. The highest BCUT2D eigenvalue weighted by Crippen LogP contribution is 2.17. The van der Waals surface area contributed by atoms with Crippen molar-refractivity contribution in [2.45, 2.75) is 31.5 Å². The van der Waals surface area contributed by atoms with Crippen molar-refractivity contribution >= 4 is 10.1 Å². The van der Waals surface area contributed by atoms with Crippen molar-refractivity contribution < 1.29 is 12.6 Å². The van der Waals surface area contributed by atoms with Gasteiger partial charge in [-0.2, -0.15) is 13.5 Å². The number of benzene rings is 1. The molecule has 0 aliphatic carbocycles. The van der Waals surface area contributed by atoms with Crippen molar-refractivity contribution in [3.63, 3.8) is 0 Å². The molecule has 22 heavy (non-hydrogen) atoms. The lowest BCUT2D eigenvalue weighted by Crippen LogP contribution is -2.30. The highest BCUT2D eigenvalue weighted by Gasteiger charge is 2.19. The van der Waals surface area contributed by atoms with Crippen LogP contribution in [0.5, 0.6) is 0 Å². The van der Waals surface area contributed by atoms with Crippen LogP contribution in [-0.4, -0.2) is 36.7 Å². The van der Waals surface area contributed by atoms with Crippen molar-refractivity contribution in [3.8, 4) is 0 Å². The van der Waals surface area contributed by atoms with Gasteiger partial charge in [-0.3, -0.25) is 13.8 Å². The molecule has 0 radical (unpaired) electrons. The van der Waals surface area contributed by atoms with E-state index < -0.39 is 10.1 Å². The van der Waals surface area contributed by atoms with Gasteiger partial charge in [0.05, 0.1) is 22.8 Å². The maximum Gasteiger partial charge on any atom is 0.297 e. The third kappa shape index (κ3) is 3.21. The maximum absolute atomic E-state index is 12.1. The van der Waals surface area contributed by atoms with Gasteiger partial charge in [0.2, 0.25) is 0 Å². The van der Waals surface area contributed by atoms with Gasteiger partial charge in [0, 0.05) is 13.1 Å². The molecule has 6 nitrogen and oxygen atoms in total. The zero-order chi connectivity index (χ0) is 15.7. The second-order valence-corrected chi connectivity index (χ2v) is 7.23. The first-order valence-electron chi connectivity index (χ1n) is 7.14. The van der Waals surface area contributed by atoms with E-state index in [4.69, 9.17) is 4.18 Å². The number of hydrogen-bond donors (Lipinski definition) is 0. The maximum atomic E-state index is 12.1. The molecule has 0 saturated carbocycles. The molecular formula is C15H19N3O3S. The molecule has 118 valence electrons. The van der Waals surface area contributed by atoms with E-state index in [-0.39, 0.29) is 11.5 Å². The number of likely N-dealkylation sites (N-methyl/N-ethyl adjacent to an activating group) is 1. The number of aromatic nitrogens is 2. The van der Waals surface area contributed by atoms with Gasteiger partial charge in [0.15, 0.2) is 0 Å². The van der Waals surface area contributed by atoms with Gasteiger partial charge < -0.3 is 0 Å². The van der Waals surface area contributed by atoms with E-state index in [0.29, 0.717) is 5.69 Å². The van der Waals surface area contributed by atoms with Crippen LogP contribution in [0.15, 0.2) is 35.2 Å². The van der Waals surface area contributed by atoms with Gasteiger partial charge >= 0.3 is 0 Å². The first-order chi connectivity index (χ1) is 10.4. The summed E-state index contributed by atoms with van der Waals surface area (Å²) >= 11 is 0. The van der Waals surface area contributed by atoms with Crippen LogP contribution in [0.4, 0.5) is 0 Å². The van der Waals surface area contributed by atoms with E-state index in [2.05, 4.69) is 17.0 Å². The first kappa shape index (κ1) is 15.2. The summed E-state index contributed by atoms with van der Waals surface area (Å²) < 4.78 is 31.3. The molecule has 0 unspecified atom stereocenters. The monoisotopic (exact) mass is 321 g/mol. The second-order valence-electron chi connectivity index (χ2n) is 5.62. The fourth-order valence-corrected chi connectivity index (χ4v) is 3.32. The quantitative estimate of drug-likeness (QED) is 0.799. The summed E-state index contributed by atoms with van der Waals surface area (Å²) in [4.78, 5) is 2.37. The van der Waals surface area contributed by atoms with Gasteiger partial charge in [-0.15, -0.1) is 0 Å². The fourth-order valence-electron chi connectivity index (χ4n) is 2.44. The molecule has 1 aliphatic heterocycles. The Bertz CT molecular complexity index is 766. The number of nitrogens with zero attached hydrogens (tertiary/aromatic N) is 3. The topological polar surface area (TPSA) is 64.4 Å². The van der Waals surface area contributed by atoms with E-state index in [9.17, 15) is 8.42 Å². The highest BCUT2D eigenvalue weighted by atomic mass is 32.2. The van der Waals surface area contributed by atoms with E-state index >= 15 is 0 Å². The number of fused-ring (bicyclic) bond motifs is 1. The Labute approximate surface area is 130 Å². The van der Waals surface area contributed by atoms with Gasteiger partial charge in [-0.1, -0.05) is 17.7 Å². The molecule has 7 heteroatoms. The molecule has 1 aromatic heterocycles.